The van der Waals surface area contributed by atoms with Crippen molar-refractivity contribution in [3.63, 3.8) is 0 Å². The number of benzene rings is 1. The number of nitrogens with two attached hydrogens (primary N) is 1. The maximum Gasteiger partial charge on any atom is 0.0346 e. The predicted molar refractivity (Wildman–Crippen MR) is 62.9 cm³/mol. The van der Waals surface area contributed by atoms with Gasteiger partial charge in [-0.3, -0.25) is 0 Å². The van der Waals surface area contributed by atoms with Gasteiger partial charge in [-0.05, 0) is 38.3 Å². The zero-order chi connectivity index (χ0) is 9.84. The van der Waals surface area contributed by atoms with Gasteiger partial charge in [0.1, 0.15) is 0 Å². The third-order valence-corrected chi connectivity index (χ3v) is 2.32. The second-order valence-electron chi connectivity index (χ2n) is 3.48. The molecule has 0 aromatic heterocycles. The van der Waals surface area contributed by atoms with E-state index in [-0.39, 0.29) is 0 Å². The zero-order valence-corrected chi connectivity index (χ0v) is 9.22. The van der Waals surface area contributed by atoms with Gasteiger partial charge in [0.15, 0.2) is 0 Å². The third kappa shape index (κ3) is 3.20. The van der Waals surface area contributed by atoms with E-state index in [1.54, 1.807) is 0 Å². The van der Waals surface area contributed by atoms with Crippen molar-refractivity contribution in [1.82, 2.24) is 0 Å². The molecule has 1 nitrogen and oxygen atoms in total. The summed E-state index contributed by atoms with van der Waals surface area (Å²) in [6, 6.07) is 6.18. The molecule has 0 aliphatic carbocycles. The summed E-state index contributed by atoms with van der Waals surface area (Å²) in [5, 5.41) is 1.26. The summed E-state index contributed by atoms with van der Waals surface area (Å²) in [4.78, 5) is 0. The minimum atomic E-state index is 0.901. The fraction of sp³-hybridized carbons (Fsp3) is 0.364. The van der Waals surface area contributed by atoms with Crippen LogP contribution in [0.4, 0.5) is 5.69 Å². The van der Waals surface area contributed by atoms with E-state index in [2.05, 4.69) is 28.8 Å². The van der Waals surface area contributed by atoms with Crippen LogP contribution in [0.1, 0.15) is 24.5 Å². The van der Waals surface area contributed by atoms with Gasteiger partial charge in [0.2, 0.25) is 0 Å². The van der Waals surface area contributed by atoms with Crippen LogP contribution in [-0.4, -0.2) is 5.29 Å². The van der Waals surface area contributed by atoms with Crippen LogP contribution in [0.15, 0.2) is 18.2 Å². The van der Waals surface area contributed by atoms with E-state index in [0.717, 1.165) is 18.5 Å². The minimum Gasteiger partial charge on any atom is -0.399 e. The maximum atomic E-state index is 5.85. The molecule has 0 saturated carbocycles. The molecule has 0 aliphatic rings. The Morgan fingerprint density at radius 3 is 2.77 bits per heavy atom. The molecule has 1 aromatic rings. The van der Waals surface area contributed by atoms with Crippen LogP contribution < -0.4 is 5.73 Å². The Morgan fingerprint density at radius 2 is 2.15 bits per heavy atom. The summed E-state index contributed by atoms with van der Waals surface area (Å²) in [6.45, 7) is 4.16. The summed E-state index contributed by atoms with van der Waals surface area (Å²) in [7, 11) is 3.50. The maximum absolute atomic E-state index is 5.85. The first kappa shape index (κ1) is 10.3. The molecular weight excluding hydrogens is 177 g/mol. The Labute approximate surface area is 82.2 Å². The second kappa shape index (κ2) is 4.43. The third-order valence-electron chi connectivity index (χ3n) is 2.07. The molecule has 1 rings (SSSR count). The molecule has 0 saturated heterocycles. The van der Waals surface area contributed by atoms with E-state index >= 15 is 0 Å². The molecule has 2 N–H and O–H groups in total. The molecule has 13 heavy (non-hydrogen) atoms. The van der Waals surface area contributed by atoms with Crippen molar-refractivity contribution in [1.29, 1.82) is 0 Å². The molecule has 70 valence electrons. The SMILES string of the molecule is CC(=P)CCc1cc(C)ccc1N. The smallest absolute Gasteiger partial charge is 0.0346 e. The summed E-state index contributed by atoms with van der Waals surface area (Å²) in [6.07, 6.45) is 2.06. The molecule has 0 spiro atoms. The van der Waals surface area contributed by atoms with Crippen molar-refractivity contribution >= 4 is 19.8 Å². The van der Waals surface area contributed by atoms with Crippen LogP contribution >= 0.6 is 8.86 Å². The summed E-state index contributed by atoms with van der Waals surface area (Å²) >= 11 is 0. The fourth-order valence-corrected chi connectivity index (χ4v) is 1.40. The van der Waals surface area contributed by atoms with E-state index in [9.17, 15) is 0 Å². The van der Waals surface area contributed by atoms with Crippen molar-refractivity contribution in [3.05, 3.63) is 29.3 Å². The lowest BCUT2D eigenvalue weighted by Gasteiger charge is -2.06. The second-order valence-corrected chi connectivity index (χ2v) is 4.34. The normalized spacial score (nSPS) is 10.0. The van der Waals surface area contributed by atoms with Crippen LogP contribution in [0.3, 0.4) is 0 Å². The molecule has 0 amide bonds. The number of hydrogen-bond donors (Lipinski definition) is 1. The van der Waals surface area contributed by atoms with Gasteiger partial charge >= 0.3 is 0 Å². The summed E-state index contributed by atoms with van der Waals surface area (Å²) < 4.78 is 0. The minimum absolute atomic E-state index is 0.901. The molecule has 2 heteroatoms. The number of rotatable bonds is 3. The fourth-order valence-electron chi connectivity index (χ4n) is 1.27. The summed E-state index contributed by atoms with van der Waals surface area (Å²) in [5.74, 6) is 0. The first-order valence-corrected chi connectivity index (χ1v) is 4.98. The van der Waals surface area contributed by atoms with Gasteiger partial charge < -0.3 is 5.73 Å². The number of aryl methyl sites for hydroxylation is 2. The van der Waals surface area contributed by atoms with E-state index < -0.39 is 0 Å². The van der Waals surface area contributed by atoms with Crippen LogP contribution in [-0.2, 0) is 6.42 Å². The molecule has 0 atom stereocenters. The van der Waals surface area contributed by atoms with Crippen LogP contribution in [0.25, 0.3) is 0 Å². The predicted octanol–water partition coefficient (Wildman–Crippen LogP) is 2.84. The van der Waals surface area contributed by atoms with E-state index in [4.69, 9.17) is 5.73 Å². The van der Waals surface area contributed by atoms with Gasteiger partial charge in [-0.2, -0.15) is 0 Å². The highest BCUT2D eigenvalue weighted by atomic mass is 31.0. The molecule has 0 radical (unpaired) electrons. The average Bonchev–Trinajstić information content (AvgIpc) is 2.06. The molecule has 0 unspecified atom stereocenters. The van der Waals surface area contributed by atoms with Crippen molar-refractivity contribution < 1.29 is 0 Å². The van der Waals surface area contributed by atoms with E-state index in [1.807, 2.05) is 12.1 Å². The van der Waals surface area contributed by atoms with Crippen LogP contribution in [0.2, 0.25) is 0 Å². The first-order valence-electron chi connectivity index (χ1n) is 4.48. The zero-order valence-electron chi connectivity index (χ0n) is 8.22. The van der Waals surface area contributed by atoms with Gasteiger partial charge in [0, 0.05) is 5.69 Å². The monoisotopic (exact) mass is 193 g/mol. The molecule has 0 aliphatic heterocycles. The van der Waals surface area contributed by atoms with Crippen LogP contribution in [0.5, 0.6) is 0 Å². The molecular formula is C11H16NP. The van der Waals surface area contributed by atoms with Gasteiger partial charge in [-0.15, -0.1) is 8.86 Å². The van der Waals surface area contributed by atoms with Crippen molar-refractivity contribution in [3.8, 4) is 0 Å². The molecule has 0 heterocycles. The van der Waals surface area contributed by atoms with Crippen molar-refractivity contribution in [2.24, 2.45) is 0 Å². The highest BCUT2D eigenvalue weighted by Crippen LogP contribution is 2.15. The Bertz CT molecular complexity index is 318. The Hall–Kier alpha value is -0.810. The Kier molecular flexibility index (Phi) is 3.50. The first-order chi connectivity index (χ1) is 6.09. The topological polar surface area (TPSA) is 26.0 Å². The van der Waals surface area contributed by atoms with Crippen molar-refractivity contribution in [2.45, 2.75) is 26.7 Å². The molecule has 1 aromatic carbocycles. The van der Waals surface area contributed by atoms with Gasteiger partial charge in [-0.1, -0.05) is 23.0 Å². The Balaban J connectivity index is 2.75. The number of hydrogen-bond acceptors (Lipinski definition) is 1. The lowest BCUT2D eigenvalue weighted by Crippen LogP contribution is -1.97. The van der Waals surface area contributed by atoms with Gasteiger partial charge in [0.05, 0.1) is 0 Å². The number of anilines is 1. The highest BCUT2D eigenvalue weighted by molar-refractivity contribution is 7.20. The number of nitrogen functional groups attached to an aromatic ring is 1. The summed E-state index contributed by atoms with van der Waals surface area (Å²) in [5.41, 5.74) is 9.27. The molecule has 0 fully saturated rings. The van der Waals surface area contributed by atoms with E-state index in [0.29, 0.717) is 0 Å². The lowest BCUT2D eigenvalue weighted by atomic mass is 10.0. The Morgan fingerprint density at radius 1 is 1.46 bits per heavy atom. The van der Waals surface area contributed by atoms with Gasteiger partial charge in [-0.25, -0.2) is 0 Å². The van der Waals surface area contributed by atoms with Crippen molar-refractivity contribution in [2.75, 3.05) is 5.73 Å². The van der Waals surface area contributed by atoms with Gasteiger partial charge in [0.25, 0.3) is 0 Å². The largest absolute Gasteiger partial charge is 0.399 e. The quantitative estimate of drug-likeness (QED) is 0.579. The average molecular weight is 193 g/mol. The highest BCUT2D eigenvalue weighted by Gasteiger charge is 1.99. The van der Waals surface area contributed by atoms with E-state index in [1.165, 1.54) is 16.4 Å². The lowest BCUT2D eigenvalue weighted by molar-refractivity contribution is 1.05. The molecule has 0 bridgehead atoms. The van der Waals surface area contributed by atoms with Crippen LogP contribution in [0, 0.1) is 6.92 Å². The standard InChI is InChI=1S/C11H16NP/c1-8-3-6-11(12)10(7-8)5-4-9(2)13/h3,6-7,13H,4-5,12H2,1-2H3.